The quantitative estimate of drug-likeness (QED) is 0.260. The second-order valence-electron chi connectivity index (χ2n) is 7.43. The molecule has 0 saturated heterocycles. The Labute approximate surface area is 186 Å². The van der Waals surface area contributed by atoms with Crippen LogP contribution in [0.5, 0.6) is 0 Å². The van der Waals surface area contributed by atoms with Gasteiger partial charge in [0.25, 0.3) is 5.91 Å². The fourth-order valence-electron chi connectivity index (χ4n) is 2.43. The van der Waals surface area contributed by atoms with Crippen LogP contribution in [0.2, 0.25) is 0 Å². The predicted molar refractivity (Wildman–Crippen MR) is 126 cm³/mol. The average molecular weight is 524 g/mol. The Hall–Kier alpha value is -1.36. The lowest BCUT2D eigenvalue weighted by atomic mass is 9.90. The number of carbonyl (C=O) groups is 1. The van der Waals surface area contributed by atoms with Gasteiger partial charge >= 0.3 is 0 Å². The largest absolute Gasteiger partial charge is 0.356 e. The number of halogens is 1. The van der Waals surface area contributed by atoms with Crippen LogP contribution in [0.15, 0.2) is 29.3 Å². The van der Waals surface area contributed by atoms with Gasteiger partial charge in [0.15, 0.2) is 5.96 Å². The van der Waals surface area contributed by atoms with Gasteiger partial charge in [-0.3, -0.25) is 9.79 Å². The van der Waals surface area contributed by atoms with E-state index in [1.54, 1.807) is 20.2 Å². The molecule has 0 saturated carbocycles. The van der Waals surface area contributed by atoms with Gasteiger partial charge < -0.3 is 16.0 Å². The lowest BCUT2D eigenvalue weighted by Gasteiger charge is -2.25. The number of nitrogens with zero attached hydrogens (tertiary/aromatic N) is 1. The zero-order valence-electron chi connectivity index (χ0n) is 17.3. The van der Waals surface area contributed by atoms with Crippen molar-refractivity contribution in [3.8, 4) is 0 Å². The van der Waals surface area contributed by atoms with E-state index in [0.29, 0.717) is 31.0 Å². The first-order chi connectivity index (χ1) is 12.6. The van der Waals surface area contributed by atoms with Gasteiger partial charge in [0.1, 0.15) is 9.84 Å². The first-order valence-corrected chi connectivity index (χ1v) is 11.1. The molecule has 0 aliphatic heterocycles. The van der Waals surface area contributed by atoms with E-state index >= 15 is 0 Å². The number of carbonyl (C=O) groups excluding carboxylic acids is 1. The van der Waals surface area contributed by atoms with Gasteiger partial charge in [-0.15, -0.1) is 24.0 Å². The third kappa shape index (κ3) is 10.8. The molecule has 0 spiro atoms. The van der Waals surface area contributed by atoms with E-state index in [9.17, 15) is 13.2 Å². The van der Waals surface area contributed by atoms with Gasteiger partial charge in [0.2, 0.25) is 0 Å². The highest BCUT2D eigenvalue weighted by atomic mass is 127. The molecule has 3 N–H and O–H groups in total. The molecule has 7 nitrogen and oxygen atoms in total. The van der Waals surface area contributed by atoms with Crippen LogP contribution in [0.3, 0.4) is 0 Å². The number of benzene rings is 1. The number of amides is 1. The number of guanidine groups is 1. The molecule has 1 amide bonds. The molecule has 1 rings (SSSR count). The molecule has 0 fully saturated rings. The molecule has 0 radical (unpaired) electrons. The number of aliphatic imine (C=N–C) groups is 1. The Morgan fingerprint density at radius 3 is 2.46 bits per heavy atom. The van der Waals surface area contributed by atoms with Gasteiger partial charge in [-0.2, -0.15) is 0 Å². The summed E-state index contributed by atoms with van der Waals surface area (Å²) in [7, 11) is 0.354. The third-order valence-corrected chi connectivity index (χ3v) is 5.18. The summed E-state index contributed by atoms with van der Waals surface area (Å²) in [6, 6.07) is 7.52. The number of hydrogen-bond acceptors (Lipinski definition) is 4. The summed E-state index contributed by atoms with van der Waals surface area (Å²) in [5, 5.41) is 9.12. The molecule has 0 aliphatic rings. The van der Waals surface area contributed by atoms with E-state index in [1.807, 2.05) is 32.0 Å². The molecule has 1 aromatic carbocycles. The van der Waals surface area contributed by atoms with Crippen LogP contribution in [0, 0.1) is 5.41 Å². The van der Waals surface area contributed by atoms with Crippen LogP contribution in [-0.2, 0) is 16.3 Å². The molecule has 160 valence electrons. The van der Waals surface area contributed by atoms with Crippen LogP contribution in [0.1, 0.15) is 36.2 Å². The molecule has 0 bridgehead atoms. The van der Waals surface area contributed by atoms with Gasteiger partial charge in [-0.25, -0.2) is 8.42 Å². The highest BCUT2D eigenvalue weighted by Crippen LogP contribution is 2.19. The summed E-state index contributed by atoms with van der Waals surface area (Å²) >= 11 is 0. The van der Waals surface area contributed by atoms with Gasteiger partial charge in [0.05, 0.1) is 5.75 Å². The van der Waals surface area contributed by atoms with Crippen molar-refractivity contribution in [2.45, 2.75) is 26.7 Å². The molecule has 28 heavy (non-hydrogen) atoms. The van der Waals surface area contributed by atoms with E-state index in [2.05, 4.69) is 20.9 Å². The predicted octanol–water partition coefficient (Wildman–Crippen LogP) is 1.83. The minimum atomic E-state index is -2.96. The monoisotopic (exact) mass is 524 g/mol. The first kappa shape index (κ1) is 26.6. The molecule has 0 aromatic heterocycles. The number of nitrogens with one attached hydrogen (secondary N) is 3. The normalized spacial score (nSPS) is 12.1. The lowest BCUT2D eigenvalue weighted by Crippen LogP contribution is -2.43. The summed E-state index contributed by atoms with van der Waals surface area (Å²) < 4.78 is 22.7. The minimum Gasteiger partial charge on any atom is -0.356 e. The summed E-state index contributed by atoms with van der Waals surface area (Å²) in [6.45, 7) is 5.35. The summed E-state index contributed by atoms with van der Waals surface area (Å²) in [5.41, 5.74) is 1.54. The Balaban J connectivity index is 0.00000729. The highest BCUT2D eigenvalue weighted by Gasteiger charge is 2.20. The van der Waals surface area contributed by atoms with Crippen molar-refractivity contribution in [2.75, 3.05) is 39.2 Å². The molecule has 0 atom stereocenters. The maximum absolute atomic E-state index is 11.7. The second kappa shape index (κ2) is 12.3. The third-order valence-electron chi connectivity index (χ3n) is 4.23. The SMILES string of the molecule is CN=C(NCCc1cccc(C(=O)NC)c1)NCC(C)(C)CCS(C)(=O)=O.I. The number of sulfone groups is 1. The van der Waals surface area contributed by atoms with Crippen LogP contribution < -0.4 is 16.0 Å². The van der Waals surface area contributed by atoms with E-state index in [0.717, 1.165) is 12.0 Å². The van der Waals surface area contributed by atoms with Crippen LogP contribution in [-0.4, -0.2) is 59.5 Å². The fraction of sp³-hybridized carbons (Fsp3) is 0.579. The Bertz CT molecular complexity index is 764. The molecular formula is C19H33IN4O3S. The average Bonchev–Trinajstić information content (AvgIpc) is 2.62. The molecule has 9 heteroatoms. The summed E-state index contributed by atoms with van der Waals surface area (Å²) in [5.74, 6) is 0.749. The van der Waals surface area contributed by atoms with Crippen LogP contribution in [0.25, 0.3) is 0 Å². The molecule has 0 heterocycles. The standard InChI is InChI=1S/C19H32N4O3S.HI/c1-19(2,10-12-27(5,25)26)14-23-18(21-4)22-11-9-15-7-6-8-16(13-15)17(24)20-3;/h6-8,13H,9-12,14H2,1-5H3,(H,20,24)(H2,21,22,23);1H. The summed E-state index contributed by atoms with van der Waals surface area (Å²) in [4.78, 5) is 15.9. The lowest BCUT2D eigenvalue weighted by molar-refractivity contribution is 0.0963. The smallest absolute Gasteiger partial charge is 0.251 e. The van der Waals surface area contributed by atoms with Crippen molar-refractivity contribution < 1.29 is 13.2 Å². The molecule has 1 aromatic rings. The van der Waals surface area contributed by atoms with Gasteiger partial charge in [-0.05, 0) is 36.0 Å². The van der Waals surface area contributed by atoms with Gasteiger partial charge in [0, 0.05) is 39.0 Å². The van der Waals surface area contributed by atoms with E-state index < -0.39 is 9.84 Å². The van der Waals surface area contributed by atoms with Crippen molar-refractivity contribution in [3.05, 3.63) is 35.4 Å². The zero-order chi connectivity index (χ0) is 20.5. The Morgan fingerprint density at radius 2 is 1.89 bits per heavy atom. The number of rotatable bonds is 9. The number of hydrogen-bond donors (Lipinski definition) is 3. The maximum Gasteiger partial charge on any atom is 0.251 e. The van der Waals surface area contributed by atoms with E-state index in [-0.39, 0.29) is 41.1 Å². The van der Waals surface area contributed by atoms with Crippen molar-refractivity contribution in [1.82, 2.24) is 16.0 Å². The summed E-state index contributed by atoms with van der Waals surface area (Å²) in [6.07, 6.45) is 2.60. The Kier molecular flexibility index (Phi) is 11.7. The van der Waals surface area contributed by atoms with Crippen molar-refractivity contribution in [2.24, 2.45) is 10.4 Å². The highest BCUT2D eigenvalue weighted by molar-refractivity contribution is 14.0. The second-order valence-corrected chi connectivity index (χ2v) is 9.69. The van der Waals surface area contributed by atoms with Crippen molar-refractivity contribution >= 4 is 45.7 Å². The van der Waals surface area contributed by atoms with E-state index in [4.69, 9.17) is 0 Å². The fourth-order valence-corrected chi connectivity index (χ4v) is 3.35. The minimum absolute atomic E-state index is 0. The van der Waals surface area contributed by atoms with Gasteiger partial charge in [-0.1, -0.05) is 26.0 Å². The molecule has 0 unspecified atom stereocenters. The molecule has 0 aliphatic carbocycles. The molecular weight excluding hydrogens is 491 g/mol. The van der Waals surface area contributed by atoms with E-state index in [1.165, 1.54) is 6.26 Å². The zero-order valence-corrected chi connectivity index (χ0v) is 20.5. The first-order valence-electron chi connectivity index (χ1n) is 8.99. The van der Waals surface area contributed by atoms with Crippen molar-refractivity contribution in [1.29, 1.82) is 0 Å². The van der Waals surface area contributed by atoms with Crippen molar-refractivity contribution in [3.63, 3.8) is 0 Å². The Morgan fingerprint density at radius 1 is 1.21 bits per heavy atom. The topological polar surface area (TPSA) is 99.7 Å². The van der Waals surface area contributed by atoms with Crippen LogP contribution >= 0.6 is 24.0 Å². The maximum atomic E-state index is 11.7. The van der Waals surface area contributed by atoms with Crippen LogP contribution in [0.4, 0.5) is 0 Å².